The predicted octanol–water partition coefficient (Wildman–Crippen LogP) is 4.95. The first-order valence-electron chi connectivity index (χ1n) is 9.31. The van der Waals surface area contributed by atoms with E-state index in [0.717, 1.165) is 5.69 Å². The van der Waals surface area contributed by atoms with Crippen LogP contribution in [0.5, 0.6) is 0 Å². The number of tetrazole rings is 1. The number of amides is 1. The molecule has 2 aromatic carbocycles. The maximum absolute atomic E-state index is 12.3. The molecule has 0 radical (unpaired) electrons. The molecule has 0 aliphatic carbocycles. The van der Waals surface area contributed by atoms with Crippen molar-refractivity contribution < 1.29 is 9.21 Å². The fourth-order valence-electron chi connectivity index (χ4n) is 2.77. The van der Waals surface area contributed by atoms with E-state index < -0.39 is 0 Å². The van der Waals surface area contributed by atoms with Gasteiger partial charge in [-0.2, -0.15) is 4.68 Å². The van der Waals surface area contributed by atoms with Crippen molar-refractivity contribution in [2.75, 3.05) is 0 Å². The van der Waals surface area contributed by atoms with Gasteiger partial charge < -0.3 is 9.73 Å². The van der Waals surface area contributed by atoms with E-state index in [1.165, 1.54) is 23.5 Å². The Hall–Kier alpha value is -3.34. The highest BCUT2D eigenvalue weighted by Gasteiger charge is 2.24. The zero-order valence-corrected chi connectivity index (χ0v) is 18.6. The van der Waals surface area contributed by atoms with E-state index in [1.807, 2.05) is 30.3 Å². The zero-order chi connectivity index (χ0) is 21.9. The molecule has 3 heterocycles. The highest BCUT2D eigenvalue weighted by molar-refractivity contribution is 8.18. The largest absolute Gasteiger partial charge is 0.450 e. The summed E-state index contributed by atoms with van der Waals surface area (Å²) in [4.78, 5) is 17.2. The molecule has 0 saturated carbocycles. The van der Waals surface area contributed by atoms with Crippen molar-refractivity contribution in [3.8, 4) is 5.69 Å². The molecule has 4 aromatic rings. The lowest BCUT2D eigenvalue weighted by atomic mass is 10.3. The summed E-state index contributed by atoms with van der Waals surface area (Å²) < 4.78 is 7.48. The van der Waals surface area contributed by atoms with Crippen LogP contribution in [0.1, 0.15) is 5.76 Å². The summed E-state index contributed by atoms with van der Waals surface area (Å²) in [7, 11) is 0. The van der Waals surface area contributed by atoms with Crippen LogP contribution in [0.3, 0.4) is 0 Å². The minimum atomic E-state index is -0.235. The number of carbonyl (C=O) groups excluding carboxylic acids is 1. The third kappa shape index (κ3) is 4.62. The fourth-order valence-corrected chi connectivity index (χ4v) is 4.48. The van der Waals surface area contributed by atoms with Crippen LogP contribution in [-0.2, 0) is 4.79 Å². The molecule has 0 unspecified atom stereocenters. The smallest absolute Gasteiger partial charge is 0.264 e. The second kappa shape index (κ2) is 9.03. The standard InChI is InChI=1S/C21H13ClN6O2S2/c22-13-6-8-14(9-7-13)23-20-24-19(29)17(31-20)12-16-10-11-18(30-16)32-21-25-26-27-28(21)15-4-2-1-3-5-15/h1-12H,(H,23,24,29)/b17-12-. The molecule has 1 amide bonds. The first kappa shape index (κ1) is 20.6. The summed E-state index contributed by atoms with van der Waals surface area (Å²) in [6, 6.07) is 20.2. The summed E-state index contributed by atoms with van der Waals surface area (Å²) >= 11 is 8.42. The summed E-state index contributed by atoms with van der Waals surface area (Å²) in [5.74, 6) is 0.304. The normalized spacial score (nSPS) is 16.1. The number of amidine groups is 1. The van der Waals surface area contributed by atoms with Gasteiger partial charge in [-0.1, -0.05) is 29.8 Å². The van der Waals surface area contributed by atoms with Crippen LogP contribution in [0.25, 0.3) is 11.8 Å². The van der Waals surface area contributed by atoms with Crippen LogP contribution in [0.15, 0.2) is 91.3 Å². The molecule has 1 saturated heterocycles. The number of hydrogen-bond acceptors (Lipinski definition) is 8. The van der Waals surface area contributed by atoms with Crippen molar-refractivity contribution in [3.63, 3.8) is 0 Å². The van der Waals surface area contributed by atoms with Crippen LogP contribution in [0.2, 0.25) is 5.02 Å². The minimum absolute atomic E-state index is 0.235. The number of benzene rings is 2. The average molecular weight is 481 g/mol. The van der Waals surface area contributed by atoms with Gasteiger partial charge in [-0.3, -0.25) is 4.79 Å². The average Bonchev–Trinajstić information content (AvgIpc) is 3.52. The van der Waals surface area contributed by atoms with Crippen LogP contribution in [0.4, 0.5) is 5.69 Å². The Kier molecular flexibility index (Phi) is 5.80. The highest BCUT2D eigenvalue weighted by atomic mass is 35.5. The maximum atomic E-state index is 12.3. The van der Waals surface area contributed by atoms with Crippen molar-refractivity contribution in [3.05, 3.63) is 82.4 Å². The van der Waals surface area contributed by atoms with Gasteiger partial charge in [0, 0.05) is 11.1 Å². The van der Waals surface area contributed by atoms with Gasteiger partial charge in [0.05, 0.1) is 16.3 Å². The number of furan rings is 1. The molecule has 2 aromatic heterocycles. The van der Waals surface area contributed by atoms with E-state index in [2.05, 4.69) is 25.8 Å². The lowest BCUT2D eigenvalue weighted by Crippen LogP contribution is -2.19. The molecular weight excluding hydrogens is 468 g/mol. The van der Waals surface area contributed by atoms with E-state index in [-0.39, 0.29) is 5.91 Å². The number of nitrogens with one attached hydrogen (secondary N) is 1. The number of para-hydroxylation sites is 1. The molecule has 1 aliphatic heterocycles. The zero-order valence-electron chi connectivity index (χ0n) is 16.2. The van der Waals surface area contributed by atoms with Gasteiger partial charge in [-0.25, -0.2) is 4.99 Å². The molecule has 11 heteroatoms. The van der Waals surface area contributed by atoms with Crippen LogP contribution in [-0.4, -0.2) is 31.3 Å². The summed E-state index contributed by atoms with van der Waals surface area (Å²) in [6.07, 6.45) is 1.68. The molecule has 0 atom stereocenters. The first-order chi connectivity index (χ1) is 15.6. The summed E-state index contributed by atoms with van der Waals surface area (Å²) in [5, 5.41) is 16.9. The fraction of sp³-hybridized carbons (Fsp3) is 0. The van der Waals surface area contributed by atoms with Gasteiger partial charge in [0.1, 0.15) is 5.76 Å². The predicted molar refractivity (Wildman–Crippen MR) is 124 cm³/mol. The summed E-state index contributed by atoms with van der Waals surface area (Å²) in [5.41, 5.74) is 1.55. The Morgan fingerprint density at radius 1 is 1.09 bits per heavy atom. The second-order valence-electron chi connectivity index (χ2n) is 6.43. The van der Waals surface area contributed by atoms with Crippen LogP contribution < -0.4 is 5.32 Å². The number of halogens is 1. The van der Waals surface area contributed by atoms with Crippen molar-refractivity contribution in [1.82, 2.24) is 25.5 Å². The molecule has 32 heavy (non-hydrogen) atoms. The lowest BCUT2D eigenvalue weighted by molar-refractivity contribution is -0.115. The molecule has 0 spiro atoms. The highest BCUT2D eigenvalue weighted by Crippen LogP contribution is 2.32. The molecule has 158 valence electrons. The number of nitrogens with zero attached hydrogens (tertiary/aromatic N) is 5. The Labute approximate surface area is 195 Å². The Balaban J connectivity index is 1.31. The summed E-state index contributed by atoms with van der Waals surface area (Å²) in [6.45, 7) is 0. The van der Waals surface area contributed by atoms with Gasteiger partial charge >= 0.3 is 0 Å². The number of rotatable bonds is 5. The number of thioether (sulfide) groups is 1. The number of hydrogen-bond donors (Lipinski definition) is 1. The minimum Gasteiger partial charge on any atom is -0.450 e. The first-order valence-corrected chi connectivity index (χ1v) is 11.3. The van der Waals surface area contributed by atoms with Gasteiger partial charge in [0.15, 0.2) is 10.3 Å². The van der Waals surface area contributed by atoms with E-state index in [0.29, 0.717) is 36.8 Å². The van der Waals surface area contributed by atoms with Gasteiger partial charge in [0.2, 0.25) is 5.16 Å². The maximum Gasteiger partial charge on any atom is 0.264 e. The van der Waals surface area contributed by atoms with Gasteiger partial charge in [-0.05, 0) is 82.5 Å². The van der Waals surface area contributed by atoms with Crippen molar-refractivity contribution in [2.45, 2.75) is 10.2 Å². The molecule has 5 rings (SSSR count). The van der Waals surface area contributed by atoms with Crippen molar-refractivity contribution >= 4 is 58.0 Å². The van der Waals surface area contributed by atoms with Gasteiger partial charge in [0.25, 0.3) is 5.91 Å². The van der Waals surface area contributed by atoms with Gasteiger partial charge in [-0.15, -0.1) is 5.10 Å². The number of carbonyl (C=O) groups is 1. The molecule has 1 N–H and O–H groups in total. The SMILES string of the molecule is O=C1NC(=Nc2ccc(Cl)cc2)S/C1=C\c1ccc(Sc2nnnn2-c2ccccc2)o1. The van der Waals surface area contributed by atoms with E-state index in [1.54, 1.807) is 47.2 Å². The quantitative estimate of drug-likeness (QED) is 0.403. The molecule has 1 fully saturated rings. The van der Waals surface area contributed by atoms with E-state index >= 15 is 0 Å². The number of aliphatic imine (C=N–C) groups is 1. The van der Waals surface area contributed by atoms with Crippen molar-refractivity contribution in [2.24, 2.45) is 4.99 Å². The third-order valence-corrected chi connectivity index (χ3v) is 6.24. The Bertz CT molecular complexity index is 1330. The lowest BCUT2D eigenvalue weighted by Gasteiger charge is -2.01. The van der Waals surface area contributed by atoms with Crippen LogP contribution >= 0.6 is 35.1 Å². The monoisotopic (exact) mass is 480 g/mol. The van der Waals surface area contributed by atoms with E-state index in [9.17, 15) is 4.79 Å². The topological polar surface area (TPSA) is 98.2 Å². The van der Waals surface area contributed by atoms with Crippen molar-refractivity contribution in [1.29, 1.82) is 0 Å². The molecule has 8 nitrogen and oxygen atoms in total. The second-order valence-corrected chi connectivity index (χ2v) is 8.86. The van der Waals surface area contributed by atoms with Crippen LogP contribution in [0, 0.1) is 0 Å². The number of aromatic nitrogens is 4. The van der Waals surface area contributed by atoms with E-state index in [4.69, 9.17) is 16.0 Å². The Morgan fingerprint density at radius 2 is 1.91 bits per heavy atom. The Morgan fingerprint density at radius 3 is 2.72 bits per heavy atom. The molecule has 1 aliphatic rings. The molecule has 0 bridgehead atoms. The molecular formula is C21H13ClN6O2S2. The third-order valence-electron chi connectivity index (χ3n) is 4.22.